The van der Waals surface area contributed by atoms with Gasteiger partial charge in [-0.15, -0.1) is 0 Å². The molecule has 0 unspecified atom stereocenters. The van der Waals surface area contributed by atoms with Crippen LogP contribution in [0.1, 0.15) is 21.5 Å². The lowest BCUT2D eigenvalue weighted by Gasteiger charge is -2.10. The van der Waals surface area contributed by atoms with Gasteiger partial charge in [-0.25, -0.2) is 0 Å². The smallest absolute Gasteiger partial charge is 0.272 e. The molecule has 0 amide bonds. The lowest BCUT2D eigenvalue weighted by Crippen LogP contribution is -2.00. The number of aryl methyl sites for hydroxylation is 1. The molecule has 0 saturated carbocycles. The molecule has 0 aromatic heterocycles. The van der Waals surface area contributed by atoms with Crippen LogP contribution in [0.3, 0.4) is 0 Å². The highest BCUT2D eigenvalue weighted by atomic mass is 35.5. The molecule has 6 nitrogen and oxygen atoms in total. The molecule has 0 aliphatic heterocycles. The molecule has 25 heavy (non-hydrogen) atoms. The maximum Gasteiger partial charge on any atom is 0.272 e. The predicted molar refractivity (Wildman–Crippen MR) is 95.8 cm³/mol. The third kappa shape index (κ3) is 4.16. The Bertz CT molecular complexity index is 861. The average Bonchev–Trinajstić information content (AvgIpc) is 2.60. The van der Waals surface area contributed by atoms with Gasteiger partial charge in [0.05, 0.1) is 29.7 Å². The number of ether oxygens (including phenoxy) is 2. The topological polar surface area (TPSA) is 78.7 Å². The molecule has 2 rings (SSSR count). The number of allylic oxidation sites excluding steroid dienone is 1. The number of rotatable bonds is 6. The van der Waals surface area contributed by atoms with Crippen LogP contribution < -0.4 is 9.47 Å². The lowest BCUT2D eigenvalue weighted by atomic mass is 10.1. The molecule has 0 radical (unpaired) electrons. The number of hydrogen-bond acceptors (Lipinski definition) is 5. The largest absolute Gasteiger partial charge is 0.496 e. The fraction of sp³-hybridized carbons (Fsp3) is 0.167. The van der Waals surface area contributed by atoms with E-state index in [2.05, 4.69) is 0 Å². The Kier molecular flexibility index (Phi) is 5.77. The second-order valence-electron chi connectivity index (χ2n) is 5.19. The first kappa shape index (κ1) is 18.5. The van der Waals surface area contributed by atoms with Gasteiger partial charge in [0.15, 0.2) is 5.78 Å². The van der Waals surface area contributed by atoms with E-state index in [4.69, 9.17) is 21.1 Å². The summed E-state index contributed by atoms with van der Waals surface area (Å²) in [5, 5.41) is 11.3. The Morgan fingerprint density at radius 2 is 1.84 bits per heavy atom. The van der Waals surface area contributed by atoms with E-state index in [1.807, 2.05) is 0 Å². The summed E-state index contributed by atoms with van der Waals surface area (Å²) in [7, 11) is 2.90. The highest BCUT2D eigenvalue weighted by Gasteiger charge is 2.15. The Morgan fingerprint density at radius 3 is 2.44 bits per heavy atom. The molecule has 2 aromatic carbocycles. The summed E-state index contributed by atoms with van der Waals surface area (Å²) in [6.45, 7) is 1.65. The summed E-state index contributed by atoms with van der Waals surface area (Å²) in [5.41, 5.74) is 1.37. The molecule has 0 N–H and O–H groups in total. The van der Waals surface area contributed by atoms with E-state index in [0.29, 0.717) is 22.6 Å². The van der Waals surface area contributed by atoms with Crippen LogP contribution in [-0.2, 0) is 0 Å². The second kappa shape index (κ2) is 7.81. The van der Waals surface area contributed by atoms with Crippen LogP contribution in [0.25, 0.3) is 6.08 Å². The molecule has 0 fully saturated rings. The normalized spacial score (nSPS) is 10.7. The Hall–Kier alpha value is -2.86. The first-order valence-electron chi connectivity index (χ1n) is 7.26. The predicted octanol–water partition coefficient (Wildman–Crippen LogP) is 4.47. The van der Waals surface area contributed by atoms with Crippen LogP contribution in [0.5, 0.6) is 11.5 Å². The van der Waals surface area contributed by atoms with E-state index in [0.717, 1.165) is 0 Å². The molecule has 0 aliphatic carbocycles. The van der Waals surface area contributed by atoms with Crippen molar-refractivity contribution < 1.29 is 19.2 Å². The van der Waals surface area contributed by atoms with Gasteiger partial charge < -0.3 is 9.47 Å². The van der Waals surface area contributed by atoms with E-state index in [-0.39, 0.29) is 22.1 Å². The van der Waals surface area contributed by atoms with Crippen LogP contribution in [0, 0.1) is 17.0 Å². The van der Waals surface area contributed by atoms with Crippen LogP contribution in [0.4, 0.5) is 5.69 Å². The third-order valence-corrected chi connectivity index (χ3v) is 3.89. The fourth-order valence-corrected chi connectivity index (χ4v) is 2.48. The van der Waals surface area contributed by atoms with Gasteiger partial charge in [0.2, 0.25) is 0 Å². The quantitative estimate of drug-likeness (QED) is 0.328. The van der Waals surface area contributed by atoms with Gasteiger partial charge in [0.25, 0.3) is 5.69 Å². The lowest BCUT2D eigenvalue weighted by molar-refractivity contribution is -0.385. The number of methoxy groups -OCH3 is 2. The number of nitro benzene ring substituents is 1. The number of nitrogens with zero attached hydrogens (tertiary/aromatic N) is 1. The van der Waals surface area contributed by atoms with Crippen LogP contribution in [0.15, 0.2) is 36.4 Å². The molecule has 0 atom stereocenters. The maximum absolute atomic E-state index is 12.4. The first-order valence-corrected chi connectivity index (χ1v) is 7.64. The third-order valence-electron chi connectivity index (χ3n) is 3.60. The van der Waals surface area contributed by atoms with Crippen molar-refractivity contribution in [3.8, 4) is 11.5 Å². The molecule has 0 heterocycles. The van der Waals surface area contributed by atoms with Crippen molar-refractivity contribution in [2.75, 3.05) is 14.2 Å². The van der Waals surface area contributed by atoms with Gasteiger partial charge in [-0.1, -0.05) is 29.8 Å². The molecule has 130 valence electrons. The summed E-state index contributed by atoms with van der Waals surface area (Å²) in [6.07, 6.45) is 2.82. The zero-order valence-electron chi connectivity index (χ0n) is 13.9. The summed E-state index contributed by atoms with van der Waals surface area (Å²) in [4.78, 5) is 23.0. The minimum Gasteiger partial charge on any atom is -0.496 e. The maximum atomic E-state index is 12.4. The van der Waals surface area contributed by atoms with E-state index in [9.17, 15) is 14.9 Å². The summed E-state index contributed by atoms with van der Waals surface area (Å²) >= 11 is 6.06. The van der Waals surface area contributed by atoms with Gasteiger partial charge in [0.1, 0.15) is 11.5 Å². The summed E-state index contributed by atoms with van der Waals surface area (Å²) < 4.78 is 10.3. The monoisotopic (exact) mass is 361 g/mol. The molecule has 0 spiro atoms. The van der Waals surface area contributed by atoms with Crippen molar-refractivity contribution in [3.63, 3.8) is 0 Å². The van der Waals surface area contributed by atoms with Gasteiger partial charge in [-0.3, -0.25) is 14.9 Å². The van der Waals surface area contributed by atoms with Gasteiger partial charge >= 0.3 is 0 Å². The standard InChI is InChI=1S/C18H16ClNO5/c1-11-4-5-12(8-15(11)20(22)23)6-7-16(21)13-9-14(19)18(25-3)10-17(13)24-2/h4-10H,1-3H3/b7-6+. The number of carbonyl (C=O) groups excluding carboxylic acids is 1. The SMILES string of the molecule is COc1cc(OC)c(C(=O)/C=C/c2ccc(C)c([N+](=O)[O-])c2)cc1Cl. The fourth-order valence-electron chi connectivity index (χ4n) is 2.24. The zero-order chi connectivity index (χ0) is 18.6. The molecule has 2 aromatic rings. The highest BCUT2D eigenvalue weighted by Crippen LogP contribution is 2.33. The molecule has 0 aliphatic rings. The van der Waals surface area contributed by atoms with Crippen molar-refractivity contribution in [1.82, 2.24) is 0 Å². The van der Waals surface area contributed by atoms with E-state index in [1.165, 1.54) is 44.6 Å². The second-order valence-corrected chi connectivity index (χ2v) is 5.59. The van der Waals surface area contributed by atoms with Crippen molar-refractivity contribution in [2.45, 2.75) is 6.92 Å². The van der Waals surface area contributed by atoms with Gasteiger partial charge in [-0.05, 0) is 24.6 Å². The summed E-state index contributed by atoms with van der Waals surface area (Å²) in [6, 6.07) is 7.73. The molecule has 0 saturated heterocycles. The first-order chi connectivity index (χ1) is 11.9. The van der Waals surface area contributed by atoms with E-state index >= 15 is 0 Å². The van der Waals surface area contributed by atoms with Crippen LogP contribution in [0.2, 0.25) is 5.02 Å². The number of nitro groups is 1. The van der Waals surface area contributed by atoms with Crippen LogP contribution in [-0.4, -0.2) is 24.9 Å². The minimum atomic E-state index is -0.458. The Balaban J connectivity index is 2.34. The Morgan fingerprint density at radius 1 is 1.16 bits per heavy atom. The molecule has 7 heteroatoms. The average molecular weight is 362 g/mol. The van der Waals surface area contributed by atoms with Crippen molar-refractivity contribution in [3.05, 3.63) is 68.2 Å². The molecular weight excluding hydrogens is 346 g/mol. The molecular formula is C18H16ClNO5. The van der Waals surface area contributed by atoms with Crippen LogP contribution >= 0.6 is 11.6 Å². The van der Waals surface area contributed by atoms with E-state index in [1.54, 1.807) is 19.1 Å². The number of carbonyl (C=O) groups is 1. The van der Waals surface area contributed by atoms with E-state index < -0.39 is 4.92 Å². The number of halogens is 1. The number of ketones is 1. The Labute approximate surface area is 149 Å². The number of hydrogen-bond donors (Lipinski definition) is 0. The van der Waals surface area contributed by atoms with Crippen molar-refractivity contribution in [2.24, 2.45) is 0 Å². The van der Waals surface area contributed by atoms with Gasteiger partial charge in [-0.2, -0.15) is 0 Å². The van der Waals surface area contributed by atoms with Crippen molar-refractivity contribution in [1.29, 1.82) is 0 Å². The summed E-state index contributed by atoms with van der Waals surface area (Å²) in [5.74, 6) is 0.378. The highest BCUT2D eigenvalue weighted by molar-refractivity contribution is 6.32. The molecule has 0 bridgehead atoms. The minimum absolute atomic E-state index is 0.000304. The van der Waals surface area contributed by atoms with Gasteiger partial charge in [0, 0.05) is 17.7 Å². The van der Waals surface area contributed by atoms with Crippen molar-refractivity contribution >= 4 is 29.1 Å². The zero-order valence-corrected chi connectivity index (χ0v) is 14.7. The number of benzene rings is 2.